The standard InChI is InChI=1S/C28H34N8O4S2/c1-2-14-34-18-25(37)35-22(11-7-13-32-42(29)40)27(38)33(16-21-10-6-12-23-26(21)31-19-41-23)17-24(35)36(34)28(39)30-15-20-8-4-3-5-9-20/h2-6,8-10,12,19,22,24,32H,1,7,11,13-18,29H2,(H,30,39)/t22-,24-,42?/m0/s1. The quantitative estimate of drug-likeness (QED) is 0.169. The van der Waals surface area contributed by atoms with Crippen LogP contribution < -0.4 is 15.2 Å². The van der Waals surface area contributed by atoms with E-state index in [0.717, 1.165) is 21.3 Å². The number of aromatic nitrogens is 1. The van der Waals surface area contributed by atoms with Crippen LogP contribution in [0, 0.1) is 0 Å². The van der Waals surface area contributed by atoms with Crippen molar-refractivity contribution < 1.29 is 18.9 Å². The van der Waals surface area contributed by atoms with E-state index < -0.39 is 23.8 Å². The number of carbonyl (C=O) groups excluding carboxylic acids is 3. The molecule has 3 aromatic rings. The van der Waals surface area contributed by atoms with Crippen molar-refractivity contribution >= 4 is 50.9 Å². The fourth-order valence-electron chi connectivity index (χ4n) is 5.52. The van der Waals surface area contributed by atoms with Gasteiger partial charge in [-0.3, -0.25) is 9.59 Å². The lowest BCUT2D eigenvalue weighted by atomic mass is 10.0. The van der Waals surface area contributed by atoms with Crippen molar-refractivity contribution in [3.63, 3.8) is 0 Å². The summed E-state index contributed by atoms with van der Waals surface area (Å²) in [4.78, 5) is 49.1. The van der Waals surface area contributed by atoms with E-state index in [2.05, 4.69) is 21.6 Å². The van der Waals surface area contributed by atoms with Crippen LogP contribution in [-0.4, -0.2) is 85.6 Å². The minimum atomic E-state index is -1.69. The molecule has 0 radical (unpaired) electrons. The Bertz CT molecular complexity index is 1420. The number of thiazole rings is 1. The third-order valence-electron chi connectivity index (χ3n) is 7.37. The van der Waals surface area contributed by atoms with Crippen molar-refractivity contribution in [2.24, 2.45) is 5.14 Å². The molecule has 3 atom stereocenters. The minimum absolute atomic E-state index is 0.0751. The number of para-hydroxylation sites is 1. The molecule has 14 heteroatoms. The predicted octanol–water partition coefficient (Wildman–Crippen LogP) is 1.70. The molecule has 1 unspecified atom stereocenters. The molecule has 4 amide bonds. The summed E-state index contributed by atoms with van der Waals surface area (Å²) in [5, 5.41) is 11.5. The number of nitrogens with zero attached hydrogens (tertiary/aromatic N) is 5. The van der Waals surface area contributed by atoms with Gasteiger partial charge in [0.25, 0.3) is 0 Å². The van der Waals surface area contributed by atoms with Gasteiger partial charge < -0.3 is 19.7 Å². The van der Waals surface area contributed by atoms with Gasteiger partial charge in [-0.1, -0.05) is 48.5 Å². The first kappa shape index (κ1) is 29.9. The monoisotopic (exact) mass is 610 g/mol. The molecule has 0 aliphatic carbocycles. The molecule has 2 fully saturated rings. The van der Waals surface area contributed by atoms with Crippen LogP contribution in [0.5, 0.6) is 0 Å². The average molecular weight is 611 g/mol. The Balaban J connectivity index is 1.45. The molecular formula is C28H34N8O4S2. The van der Waals surface area contributed by atoms with E-state index in [4.69, 9.17) is 5.14 Å². The van der Waals surface area contributed by atoms with Crippen molar-refractivity contribution in [2.75, 3.05) is 26.2 Å². The zero-order valence-corrected chi connectivity index (χ0v) is 24.7. The van der Waals surface area contributed by atoms with Crippen molar-refractivity contribution in [3.05, 3.63) is 77.8 Å². The van der Waals surface area contributed by atoms with Crippen molar-refractivity contribution in [2.45, 2.75) is 38.1 Å². The Hall–Kier alpha value is -3.53. The molecule has 2 aliphatic heterocycles. The highest BCUT2D eigenvalue weighted by Crippen LogP contribution is 2.31. The van der Waals surface area contributed by atoms with Gasteiger partial charge >= 0.3 is 6.03 Å². The van der Waals surface area contributed by atoms with Crippen LogP contribution in [0.2, 0.25) is 0 Å². The molecular weight excluding hydrogens is 576 g/mol. The maximum atomic E-state index is 14.0. The number of hydrazine groups is 1. The summed E-state index contributed by atoms with van der Waals surface area (Å²) >= 11 is -0.159. The number of nitrogens with two attached hydrogens (primary N) is 1. The molecule has 42 heavy (non-hydrogen) atoms. The number of nitrogens with one attached hydrogen (secondary N) is 2. The van der Waals surface area contributed by atoms with E-state index >= 15 is 0 Å². The number of amides is 4. The molecule has 0 spiro atoms. The summed E-state index contributed by atoms with van der Waals surface area (Å²) < 4.78 is 15.0. The lowest BCUT2D eigenvalue weighted by Crippen LogP contribution is -2.76. The fourth-order valence-corrected chi connectivity index (χ4v) is 6.59. The maximum absolute atomic E-state index is 14.0. The number of hydrogen-bond acceptors (Lipinski definition) is 9. The van der Waals surface area contributed by atoms with Gasteiger partial charge in [-0.05, 0) is 30.0 Å². The highest BCUT2D eigenvalue weighted by atomic mass is 32.2. The zero-order chi connectivity index (χ0) is 29.6. The van der Waals surface area contributed by atoms with Crippen LogP contribution in [0.25, 0.3) is 10.2 Å². The Labute approximate surface area is 251 Å². The van der Waals surface area contributed by atoms with Crippen molar-refractivity contribution in [1.82, 2.24) is 34.8 Å². The largest absolute Gasteiger partial charge is 0.579 e. The molecule has 2 saturated heterocycles. The second kappa shape index (κ2) is 13.6. The second-order valence-electron chi connectivity index (χ2n) is 10.1. The maximum Gasteiger partial charge on any atom is 0.334 e. The summed E-state index contributed by atoms with van der Waals surface area (Å²) in [5.41, 5.74) is 4.43. The number of benzene rings is 2. The second-order valence-corrected chi connectivity index (χ2v) is 11.9. The van der Waals surface area contributed by atoms with Crippen LogP contribution in [0.1, 0.15) is 24.0 Å². The van der Waals surface area contributed by atoms with Gasteiger partial charge in [-0.25, -0.2) is 19.8 Å². The van der Waals surface area contributed by atoms with Crippen molar-refractivity contribution in [1.29, 1.82) is 0 Å². The van der Waals surface area contributed by atoms with Crippen LogP contribution in [0.15, 0.2) is 66.7 Å². The summed E-state index contributed by atoms with van der Waals surface area (Å²) in [7, 11) is 0. The third-order valence-corrected chi connectivity index (χ3v) is 8.65. The lowest BCUT2D eigenvalue weighted by molar-refractivity contribution is -0.190. The molecule has 3 heterocycles. The Kier molecular flexibility index (Phi) is 9.72. The number of carbonyl (C=O) groups is 3. The number of hydrogen-bond donors (Lipinski definition) is 3. The molecule has 2 aromatic carbocycles. The first-order chi connectivity index (χ1) is 20.4. The molecule has 4 N–H and O–H groups in total. The molecule has 5 rings (SSSR count). The van der Waals surface area contributed by atoms with Crippen LogP contribution >= 0.6 is 11.3 Å². The number of urea groups is 1. The average Bonchev–Trinajstić information content (AvgIpc) is 3.46. The molecule has 12 nitrogen and oxygen atoms in total. The van der Waals surface area contributed by atoms with Gasteiger partial charge in [0.2, 0.25) is 11.8 Å². The van der Waals surface area contributed by atoms with E-state index in [1.54, 1.807) is 31.4 Å². The van der Waals surface area contributed by atoms with Gasteiger partial charge in [0.05, 0.1) is 28.8 Å². The fraction of sp³-hybridized carbons (Fsp3) is 0.357. The SMILES string of the molecule is C=CCN1CC(=O)N2[C@@H](CCCN[S+](N)[O-])C(=O)N(Cc3cccc4scnc34)C[C@@H]2N1C(=O)NCc1ccccc1. The Morgan fingerprint density at radius 1 is 1.21 bits per heavy atom. The van der Waals surface area contributed by atoms with Crippen LogP contribution in [0.3, 0.4) is 0 Å². The van der Waals surface area contributed by atoms with E-state index in [1.807, 2.05) is 48.5 Å². The summed E-state index contributed by atoms with van der Waals surface area (Å²) in [6, 6.07) is 14.2. The first-order valence-corrected chi connectivity index (χ1v) is 15.7. The summed E-state index contributed by atoms with van der Waals surface area (Å²) in [6.45, 7) is 5.03. The zero-order valence-electron chi connectivity index (χ0n) is 23.1. The number of rotatable bonds is 11. The van der Waals surface area contributed by atoms with E-state index in [0.29, 0.717) is 25.9 Å². The van der Waals surface area contributed by atoms with E-state index in [9.17, 15) is 18.9 Å². The van der Waals surface area contributed by atoms with Gasteiger partial charge in [0, 0.05) is 26.2 Å². The van der Waals surface area contributed by atoms with Gasteiger partial charge in [0.1, 0.15) is 23.8 Å². The molecule has 2 aliphatic rings. The third kappa shape index (κ3) is 6.59. The predicted molar refractivity (Wildman–Crippen MR) is 161 cm³/mol. The number of fused-ring (bicyclic) bond motifs is 2. The normalized spacial score (nSPS) is 20.1. The first-order valence-electron chi connectivity index (χ1n) is 13.6. The lowest BCUT2D eigenvalue weighted by Gasteiger charge is -2.55. The molecule has 1 aromatic heterocycles. The number of piperazine rings is 1. The highest BCUT2D eigenvalue weighted by Gasteiger charge is 2.51. The van der Waals surface area contributed by atoms with Crippen LogP contribution in [0.4, 0.5) is 4.79 Å². The summed E-state index contributed by atoms with van der Waals surface area (Å²) in [5.74, 6) is -0.452. The van der Waals surface area contributed by atoms with E-state index in [-0.39, 0.29) is 44.0 Å². The molecule has 0 bridgehead atoms. The van der Waals surface area contributed by atoms with Gasteiger partial charge in [-0.15, -0.1) is 27.8 Å². The minimum Gasteiger partial charge on any atom is -0.579 e. The van der Waals surface area contributed by atoms with Crippen LogP contribution in [-0.2, 0) is 34.2 Å². The van der Waals surface area contributed by atoms with Crippen molar-refractivity contribution in [3.8, 4) is 0 Å². The Morgan fingerprint density at radius 2 is 2.02 bits per heavy atom. The Morgan fingerprint density at radius 3 is 2.79 bits per heavy atom. The topological polar surface area (TPSA) is 150 Å². The smallest absolute Gasteiger partial charge is 0.334 e. The van der Waals surface area contributed by atoms with Gasteiger partial charge in [-0.2, -0.15) is 0 Å². The highest BCUT2D eigenvalue weighted by molar-refractivity contribution is 7.87. The molecule has 0 saturated carbocycles. The molecule has 222 valence electrons. The van der Waals surface area contributed by atoms with E-state index in [1.165, 1.54) is 11.3 Å². The summed E-state index contributed by atoms with van der Waals surface area (Å²) in [6.07, 6.45) is 1.66. The van der Waals surface area contributed by atoms with Gasteiger partial charge in [0.15, 0.2) is 0 Å².